The van der Waals surface area contributed by atoms with Crippen molar-refractivity contribution >= 4 is 16.8 Å². The Morgan fingerprint density at radius 2 is 2.14 bits per heavy atom. The second kappa shape index (κ2) is 6.83. The van der Waals surface area contributed by atoms with Crippen LogP contribution in [0.15, 0.2) is 24.3 Å². The predicted molar refractivity (Wildman–Crippen MR) is 87.3 cm³/mol. The van der Waals surface area contributed by atoms with Gasteiger partial charge in [-0.3, -0.25) is 4.79 Å². The van der Waals surface area contributed by atoms with Crippen LogP contribution in [0.2, 0.25) is 0 Å². The minimum absolute atomic E-state index is 0.120. The van der Waals surface area contributed by atoms with E-state index in [0.717, 1.165) is 16.7 Å². The summed E-state index contributed by atoms with van der Waals surface area (Å²) < 4.78 is 5.46. The van der Waals surface area contributed by atoms with Gasteiger partial charge in [-0.15, -0.1) is 0 Å². The average Bonchev–Trinajstić information content (AvgIpc) is 2.88. The molecule has 120 valence electrons. The molecule has 0 radical (unpaired) electrons. The summed E-state index contributed by atoms with van der Waals surface area (Å²) in [6, 6.07) is 7.56. The third-order valence-electron chi connectivity index (χ3n) is 3.67. The van der Waals surface area contributed by atoms with E-state index < -0.39 is 0 Å². The maximum Gasteiger partial charge on any atom is 0.267 e. The van der Waals surface area contributed by atoms with Crippen molar-refractivity contribution < 1.29 is 14.6 Å². The van der Waals surface area contributed by atoms with Crippen LogP contribution in [0, 0.1) is 5.41 Å². The Kier molecular flexibility index (Phi) is 5.08. The third-order valence-corrected chi connectivity index (χ3v) is 3.67. The fourth-order valence-corrected chi connectivity index (χ4v) is 2.29. The number of aromatic amines is 1. The van der Waals surface area contributed by atoms with E-state index in [1.807, 2.05) is 45.0 Å². The Balaban J connectivity index is 2.08. The van der Waals surface area contributed by atoms with Gasteiger partial charge in [0, 0.05) is 30.1 Å². The first-order chi connectivity index (χ1) is 10.4. The lowest BCUT2D eigenvalue weighted by molar-refractivity contribution is 0.0924. The highest BCUT2D eigenvalue weighted by Gasteiger charge is 2.19. The molecule has 0 aliphatic heterocycles. The number of H-pyrrole nitrogens is 1. The van der Waals surface area contributed by atoms with Gasteiger partial charge in [-0.2, -0.15) is 0 Å². The van der Waals surface area contributed by atoms with Gasteiger partial charge in [0.1, 0.15) is 11.4 Å². The van der Waals surface area contributed by atoms with Gasteiger partial charge < -0.3 is 20.1 Å². The average molecular weight is 304 g/mol. The van der Waals surface area contributed by atoms with E-state index in [1.54, 1.807) is 0 Å². The fourth-order valence-electron chi connectivity index (χ4n) is 2.29. The summed E-state index contributed by atoms with van der Waals surface area (Å²) in [6.07, 6.45) is 0.650. The van der Waals surface area contributed by atoms with Crippen LogP contribution in [0.25, 0.3) is 10.9 Å². The lowest BCUT2D eigenvalue weighted by atomic mass is 9.90. The summed E-state index contributed by atoms with van der Waals surface area (Å²) in [4.78, 5) is 15.4. The van der Waals surface area contributed by atoms with Crippen molar-refractivity contribution in [2.45, 2.75) is 27.2 Å². The van der Waals surface area contributed by atoms with Crippen LogP contribution < -0.4 is 10.1 Å². The molecule has 0 spiro atoms. The number of ether oxygens (including phenoxy) is 1. The van der Waals surface area contributed by atoms with Crippen molar-refractivity contribution in [1.82, 2.24) is 10.3 Å². The molecule has 0 fully saturated rings. The minimum Gasteiger partial charge on any atom is -0.494 e. The van der Waals surface area contributed by atoms with Crippen molar-refractivity contribution in [2.24, 2.45) is 5.41 Å². The molecule has 3 N–H and O–H groups in total. The number of aromatic nitrogens is 1. The van der Waals surface area contributed by atoms with Gasteiger partial charge in [0.05, 0.1) is 6.61 Å². The van der Waals surface area contributed by atoms with Gasteiger partial charge >= 0.3 is 0 Å². The lowest BCUT2D eigenvalue weighted by Gasteiger charge is -2.23. The Morgan fingerprint density at radius 1 is 1.36 bits per heavy atom. The highest BCUT2D eigenvalue weighted by molar-refractivity contribution is 5.98. The fraction of sp³-hybridized carbons (Fsp3) is 0.471. The van der Waals surface area contributed by atoms with E-state index in [0.29, 0.717) is 25.3 Å². The minimum atomic E-state index is -0.139. The maximum absolute atomic E-state index is 12.2. The Hall–Kier alpha value is -2.01. The molecular weight excluding hydrogens is 280 g/mol. The van der Waals surface area contributed by atoms with Gasteiger partial charge in [-0.25, -0.2) is 0 Å². The van der Waals surface area contributed by atoms with E-state index in [1.165, 1.54) is 0 Å². The van der Waals surface area contributed by atoms with Crippen molar-refractivity contribution in [3.05, 3.63) is 30.0 Å². The number of amides is 1. The number of aliphatic hydroxyl groups excluding tert-OH is 1. The van der Waals surface area contributed by atoms with Crippen molar-refractivity contribution in [3.8, 4) is 5.75 Å². The molecule has 2 aromatic rings. The topological polar surface area (TPSA) is 74.3 Å². The molecule has 1 aromatic heterocycles. The Morgan fingerprint density at radius 3 is 2.82 bits per heavy atom. The Labute approximate surface area is 130 Å². The van der Waals surface area contributed by atoms with Crippen molar-refractivity contribution in [1.29, 1.82) is 0 Å². The number of rotatable bonds is 7. The molecule has 0 saturated heterocycles. The van der Waals surface area contributed by atoms with E-state index in [4.69, 9.17) is 9.84 Å². The number of hydrogen-bond donors (Lipinski definition) is 3. The molecule has 0 unspecified atom stereocenters. The van der Waals surface area contributed by atoms with E-state index in [2.05, 4.69) is 10.3 Å². The first kappa shape index (κ1) is 16.4. The molecule has 0 atom stereocenters. The van der Waals surface area contributed by atoms with Gasteiger partial charge in [-0.05, 0) is 37.0 Å². The number of benzene rings is 1. The van der Waals surface area contributed by atoms with E-state index >= 15 is 0 Å². The second-order valence-electron chi connectivity index (χ2n) is 6.19. The van der Waals surface area contributed by atoms with Crippen LogP contribution in [-0.2, 0) is 0 Å². The molecule has 1 aromatic carbocycles. The summed E-state index contributed by atoms with van der Waals surface area (Å²) in [5.41, 5.74) is 1.28. The molecule has 0 aliphatic carbocycles. The van der Waals surface area contributed by atoms with Crippen LogP contribution in [-0.4, -0.2) is 35.8 Å². The maximum atomic E-state index is 12.2. The molecule has 0 bridgehead atoms. The van der Waals surface area contributed by atoms with Gasteiger partial charge in [-0.1, -0.05) is 13.8 Å². The largest absolute Gasteiger partial charge is 0.494 e. The van der Waals surface area contributed by atoms with Crippen LogP contribution in [0.5, 0.6) is 5.75 Å². The normalized spacial score (nSPS) is 11.6. The van der Waals surface area contributed by atoms with Crippen LogP contribution in [0.3, 0.4) is 0 Å². The first-order valence-corrected chi connectivity index (χ1v) is 7.60. The number of carbonyl (C=O) groups excluding carboxylic acids is 1. The molecule has 1 heterocycles. The monoisotopic (exact) mass is 304 g/mol. The van der Waals surface area contributed by atoms with Crippen LogP contribution in [0.4, 0.5) is 0 Å². The predicted octanol–water partition coefficient (Wildman–Crippen LogP) is 2.71. The zero-order chi connectivity index (χ0) is 16.2. The van der Waals surface area contributed by atoms with Crippen molar-refractivity contribution in [3.63, 3.8) is 0 Å². The number of aliphatic hydroxyl groups is 1. The first-order valence-electron chi connectivity index (χ1n) is 7.60. The number of fused-ring (bicyclic) bond motifs is 1. The zero-order valence-electron chi connectivity index (χ0n) is 13.4. The van der Waals surface area contributed by atoms with Gasteiger partial charge in [0.2, 0.25) is 0 Å². The quantitative estimate of drug-likeness (QED) is 0.736. The standard InChI is InChI=1S/C17H24N2O3/c1-4-22-13-6-5-12-9-15(19-14(12)10-13)16(21)18-11-17(2,3)7-8-20/h5-6,9-10,19-20H,4,7-8,11H2,1-3H3,(H,18,21). The number of carbonyl (C=O) groups is 1. The molecule has 0 saturated carbocycles. The van der Waals surface area contributed by atoms with Gasteiger partial charge in [0.25, 0.3) is 5.91 Å². The SMILES string of the molecule is CCOc1ccc2cc(C(=O)NCC(C)(C)CCO)[nH]c2c1. The third kappa shape index (κ3) is 4.01. The molecule has 22 heavy (non-hydrogen) atoms. The summed E-state index contributed by atoms with van der Waals surface area (Å²) in [6.45, 7) is 7.22. The molecule has 2 rings (SSSR count). The summed E-state index contributed by atoms with van der Waals surface area (Å²) in [5, 5.41) is 12.9. The highest BCUT2D eigenvalue weighted by Crippen LogP contribution is 2.22. The van der Waals surface area contributed by atoms with Crippen LogP contribution in [0.1, 0.15) is 37.7 Å². The summed E-state index contributed by atoms with van der Waals surface area (Å²) >= 11 is 0. The molecule has 1 amide bonds. The lowest BCUT2D eigenvalue weighted by Crippen LogP contribution is -2.34. The number of nitrogens with one attached hydrogen (secondary N) is 2. The smallest absolute Gasteiger partial charge is 0.267 e. The van der Waals surface area contributed by atoms with E-state index in [-0.39, 0.29) is 17.9 Å². The molecule has 5 nitrogen and oxygen atoms in total. The molecular formula is C17H24N2O3. The second-order valence-corrected chi connectivity index (χ2v) is 6.19. The number of hydrogen-bond acceptors (Lipinski definition) is 3. The summed E-state index contributed by atoms with van der Waals surface area (Å²) in [5.74, 6) is 0.646. The highest BCUT2D eigenvalue weighted by atomic mass is 16.5. The van der Waals surface area contributed by atoms with E-state index in [9.17, 15) is 4.79 Å². The van der Waals surface area contributed by atoms with Crippen molar-refractivity contribution in [2.75, 3.05) is 19.8 Å². The summed E-state index contributed by atoms with van der Waals surface area (Å²) in [7, 11) is 0. The Bertz CT molecular complexity index is 646. The molecule has 5 heteroatoms. The van der Waals surface area contributed by atoms with Gasteiger partial charge in [0.15, 0.2) is 0 Å². The molecule has 0 aliphatic rings. The van der Waals surface area contributed by atoms with Crippen LogP contribution >= 0.6 is 0 Å². The zero-order valence-corrected chi connectivity index (χ0v) is 13.4.